The molecular weight excluding hydrogens is 416 g/mol. The minimum atomic E-state index is -1.67. The number of rotatable bonds is 3. The summed E-state index contributed by atoms with van der Waals surface area (Å²) >= 11 is 0. The third-order valence-electron chi connectivity index (χ3n) is 4.89. The Morgan fingerprint density at radius 2 is 1.65 bits per heavy atom. The summed E-state index contributed by atoms with van der Waals surface area (Å²) in [7, 11) is 0. The second-order valence-electron chi connectivity index (χ2n) is 6.99. The van der Waals surface area contributed by atoms with Crippen molar-refractivity contribution in [1.29, 1.82) is 0 Å². The molecule has 11 nitrogen and oxygen atoms in total. The van der Waals surface area contributed by atoms with Crippen molar-refractivity contribution in [3.05, 3.63) is 40.6 Å². The highest BCUT2D eigenvalue weighted by atomic mass is 16.7. The van der Waals surface area contributed by atoms with Crippen molar-refractivity contribution in [2.45, 2.75) is 24.6 Å². The largest absolute Gasteiger partial charge is 0.504 e. The van der Waals surface area contributed by atoms with Gasteiger partial charge in [0.2, 0.25) is 12.0 Å². The fourth-order valence-corrected chi connectivity index (χ4v) is 3.19. The average molecular weight is 434 g/mol. The van der Waals surface area contributed by atoms with E-state index < -0.39 is 53.0 Å². The summed E-state index contributed by atoms with van der Waals surface area (Å²) < 4.78 is 16.1. The van der Waals surface area contributed by atoms with Crippen molar-refractivity contribution in [3.8, 4) is 40.1 Å². The summed E-state index contributed by atoms with van der Waals surface area (Å²) in [6.45, 7) is -0.354. The number of aliphatic hydroxyl groups is 3. The van der Waals surface area contributed by atoms with Crippen molar-refractivity contribution in [1.82, 2.24) is 0 Å². The zero-order valence-electron chi connectivity index (χ0n) is 15.7. The molecule has 2 heterocycles. The molecule has 1 aliphatic heterocycles. The Bertz CT molecular complexity index is 1200. The summed E-state index contributed by atoms with van der Waals surface area (Å²) in [5, 5.41) is 68.6. The molecule has 0 amide bonds. The third kappa shape index (κ3) is 3.59. The molecule has 1 aliphatic rings. The predicted molar refractivity (Wildman–Crippen MR) is 103 cm³/mol. The molecule has 164 valence electrons. The second-order valence-corrected chi connectivity index (χ2v) is 6.99. The topological polar surface area (TPSA) is 190 Å². The number of aliphatic hydroxyl groups excluding tert-OH is 3. The van der Waals surface area contributed by atoms with E-state index in [0.29, 0.717) is 0 Å². The Morgan fingerprint density at radius 3 is 2.35 bits per heavy atom. The van der Waals surface area contributed by atoms with Gasteiger partial charge in [0, 0.05) is 17.7 Å². The SMILES string of the molecule is O=c1cc(-c2ccc(O)c(O)c2)oc2cc(O[C@@H]3OC[C@H](O)[C@H](O)C3O)c(O)c(O)c12. The van der Waals surface area contributed by atoms with Gasteiger partial charge < -0.3 is 49.6 Å². The first kappa shape index (κ1) is 20.8. The first-order valence-electron chi connectivity index (χ1n) is 9.05. The number of hydrogen-bond acceptors (Lipinski definition) is 11. The fourth-order valence-electron chi connectivity index (χ4n) is 3.19. The van der Waals surface area contributed by atoms with Crippen LogP contribution >= 0.6 is 0 Å². The van der Waals surface area contributed by atoms with Crippen molar-refractivity contribution in [2.75, 3.05) is 6.61 Å². The van der Waals surface area contributed by atoms with Gasteiger partial charge in [-0.25, -0.2) is 0 Å². The zero-order valence-corrected chi connectivity index (χ0v) is 15.7. The lowest BCUT2D eigenvalue weighted by Crippen LogP contribution is -2.54. The molecule has 2 aromatic carbocycles. The van der Waals surface area contributed by atoms with Crippen LogP contribution in [0.15, 0.2) is 39.5 Å². The molecule has 0 aliphatic carbocycles. The van der Waals surface area contributed by atoms with E-state index in [1.165, 1.54) is 12.1 Å². The van der Waals surface area contributed by atoms with Crippen LogP contribution in [0.4, 0.5) is 0 Å². The quantitative estimate of drug-likeness (QED) is 0.277. The predicted octanol–water partition coefficient (Wildman–Crippen LogP) is 0.100. The Labute approximate surface area is 173 Å². The van der Waals surface area contributed by atoms with Crippen LogP contribution in [0, 0.1) is 0 Å². The minimum absolute atomic E-state index is 0.0173. The van der Waals surface area contributed by atoms with E-state index in [4.69, 9.17) is 13.9 Å². The third-order valence-corrected chi connectivity index (χ3v) is 4.89. The van der Waals surface area contributed by atoms with Gasteiger partial charge in [0.05, 0.1) is 6.61 Å². The average Bonchev–Trinajstić information content (AvgIpc) is 2.73. The Morgan fingerprint density at radius 1 is 0.903 bits per heavy atom. The number of phenols is 4. The first-order valence-corrected chi connectivity index (χ1v) is 9.05. The van der Waals surface area contributed by atoms with Crippen molar-refractivity contribution in [2.24, 2.45) is 0 Å². The molecule has 1 saturated heterocycles. The second kappa shape index (κ2) is 7.63. The summed E-state index contributed by atoms with van der Waals surface area (Å²) in [6, 6.07) is 5.84. The molecule has 0 saturated carbocycles. The number of benzene rings is 2. The number of fused-ring (bicyclic) bond motifs is 1. The maximum Gasteiger partial charge on any atom is 0.229 e. The molecule has 4 atom stereocenters. The van der Waals surface area contributed by atoms with E-state index >= 15 is 0 Å². The first-order chi connectivity index (χ1) is 14.7. The molecule has 1 fully saturated rings. The normalized spacial score (nSPS) is 23.7. The molecule has 0 bridgehead atoms. The Balaban J connectivity index is 1.78. The van der Waals surface area contributed by atoms with Crippen molar-refractivity contribution >= 4 is 11.0 Å². The van der Waals surface area contributed by atoms with Gasteiger partial charge in [-0.1, -0.05) is 0 Å². The van der Waals surface area contributed by atoms with E-state index in [-0.39, 0.29) is 34.6 Å². The van der Waals surface area contributed by atoms with E-state index in [2.05, 4.69) is 0 Å². The molecule has 0 radical (unpaired) electrons. The van der Waals surface area contributed by atoms with Gasteiger partial charge in [0.25, 0.3) is 0 Å². The summed E-state index contributed by atoms with van der Waals surface area (Å²) in [4.78, 5) is 12.5. The van der Waals surface area contributed by atoms with Crippen LogP contribution < -0.4 is 10.2 Å². The van der Waals surface area contributed by atoms with Gasteiger partial charge in [0.1, 0.15) is 35.0 Å². The van der Waals surface area contributed by atoms with Gasteiger partial charge in [-0.05, 0) is 18.2 Å². The van der Waals surface area contributed by atoms with Gasteiger partial charge >= 0.3 is 0 Å². The van der Waals surface area contributed by atoms with Gasteiger partial charge in [-0.15, -0.1) is 0 Å². The smallest absolute Gasteiger partial charge is 0.229 e. The summed E-state index contributed by atoms with van der Waals surface area (Å²) in [6.07, 6.45) is -6.07. The highest BCUT2D eigenvalue weighted by molar-refractivity contribution is 5.89. The number of phenolic OH excluding ortho intramolecular Hbond substituents is 4. The molecule has 4 rings (SSSR count). The highest BCUT2D eigenvalue weighted by Crippen LogP contribution is 2.42. The van der Waals surface area contributed by atoms with Crippen molar-refractivity contribution in [3.63, 3.8) is 0 Å². The molecular formula is C20H18O11. The van der Waals surface area contributed by atoms with E-state index in [1.807, 2.05) is 0 Å². The van der Waals surface area contributed by atoms with E-state index in [0.717, 1.165) is 18.2 Å². The lowest BCUT2D eigenvalue weighted by Gasteiger charge is -2.35. The molecule has 31 heavy (non-hydrogen) atoms. The number of aromatic hydroxyl groups is 4. The minimum Gasteiger partial charge on any atom is -0.504 e. The van der Waals surface area contributed by atoms with E-state index in [9.17, 15) is 40.5 Å². The van der Waals surface area contributed by atoms with Gasteiger partial charge in [-0.3, -0.25) is 4.79 Å². The van der Waals surface area contributed by atoms with Crippen LogP contribution in [0.25, 0.3) is 22.3 Å². The van der Waals surface area contributed by atoms with Crippen LogP contribution in [-0.4, -0.2) is 67.0 Å². The lowest BCUT2D eigenvalue weighted by atomic mass is 10.1. The number of ether oxygens (including phenoxy) is 2. The monoisotopic (exact) mass is 434 g/mol. The molecule has 0 spiro atoms. The highest BCUT2D eigenvalue weighted by Gasteiger charge is 2.39. The molecule has 3 aromatic rings. The lowest BCUT2D eigenvalue weighted by molar-refractivity contribution is -0.242. The fraction of sp³-hybridized carbons (Fsp3) is 0.250. The molecule has 1 aromatic heterocycles. The Kier molecular flexibility index (Phi) is 5.11. The summed E-state index contributed by atoms with van der Waals surface area (Å²) in [5.41, 5.74) is -0.672. The van der Waals surface area contributed by atoms with Crippen LogP contribution in [0.2, 0.25) is 0 Å². The zero-order chi connectivity index (χ0) is 22.4. The number of hydrogen-bond donors (Lipinski definition) is 7. The molecule has 1 unspecified atom stereocenters. The van der Waals surface area contributed by atoms with Gasteiger partial charge in [0.15, 0.2) is 28.4 Å². The molecule has 11 heteroatoms. The maximum absolute atomic E-state index is 12.5. The standard InChI is InChI=1S/C20H18O11/c21-8-2-1-7(3-9(8)22)12-4-10(23)15-13(30-12)5-14(17(26)18(15)27)31-20-19(28)16(25)11(24)6-29-20/h1-5,11,16,19-22,24-28H,6H2/t11-,16-,19?,20-/m0/s1. The maximum atomic E-state index is 12.5. The Hall–Kier alpha value is -3.51. The van der Waals surface area contributed by atoms with Crippen molar-refractivity contribution < 1.29 is 49.6 Å². The molecule has 7 N–H and O–H groups in total. The van der Waals surface area contributed by atoms with Crippen LogP contribution in [0.3, 0.4) is 0 Å². The summed E-state index contributed by atoms with van der Waals surface area (Å²) in [5.74, 6) is -2.92. The van der Waals surface area contributed by atoms with Crippen LogP contribution in [0.1, 0.15) is 0 Å². The van der Waals surface area contributed by atoms with Crippen LogP contribution in [-0.2, 0) is 4.74 Å². The van der Waals surface area contributed by atoms with Crippen LogP contribution in [0.5, 0.6) is 28.7 Å². The van der Waals surface area contributed by atoms with Gasteiger partial charge in [-0.2, -0.15) is 0 Å². The van der Waals surface area contributed by atoms with E-state index in [1.54, 1.807) is 0 Å².